The van der Waals surface area contributed by atoms with Gasteiger partial charge < -0.3 is 14.5 Å². The van der Waals surface area contributed by atoms with Crippen molar-refractivity contribution in [1.82, 2.24) is 9.80 Å². The molecular formula is C15H19ClN2O2. The van der Waals surface area contributed by atoms with Crippen molar-refractivity contribution in [3.63, 3.8) is 0 Å². The SMILES string of the molecule is C[C@H]1CN(C(=O)N2CCc3cc(Cl)ccc3C2)CCO1. The average Bonchev–Trinajstić information content (AvgIpc) is 2.46. The summed E-state index contributed by atoms with van der Waals surface area (Å²) in [5.74, 6) is 0. The molecule has 1 fully saturated rings. The van der Waals surface area contributed by atoms with Gasteiger partial charge >= 0.3 is 6.03 Å². The van der Waals surface area contributed by atoms with Gasteiger partial charge in [0.1, 0.15) is 0 Å². The second-order valence-electron chi connectivity index (χ2n) is 5.49. The topological polar surface area (TPSA) is 32.8 Å². The zero-order valence-corrected chi connectivity index (χ0v) is 12.4. The molecule has 5 heteroatoms. The van der Waals surface area contributed by atoms with Gasteiger partial charge in [-0.3, -0.25) is 0 Å². The number of ether oxygens (including phenoxy) is 1. The Bertz CT molecular complexity index is 521. The number of hydrogen-bond acceptors (Lipinski definition) is 2. The number of carbonyl (C=O) groups is 1. The van der Waals surface area contributed by atoms with Gasteiger partial charge in [-0.25, -0.2) is 4.79 Å². The van der Waals surface area contributed by atoms with Gasteiger partial charge in [0, 0.05) is 31.2 Å². The van der Waals surface area contributed by atoms with Crippen LogP contribution in [-0.4, -0.2) is 48.2 Å². The van der Waals surface area contributed by atoms with E-state index in [1.165, 1.54) is 11.1 Å². The van der Waals surface area contributed by atoms with Crippen molar-refractivity contribution >= 4 is 17.6 Å². The molecule has 1 aromatic carbocycles. The summed E-state index contributed by atoms with van der Waals surface area (Å²) in [7, 11) is 0. The van der Waals surface area contributed by atoms with E-state index in [2.05, 4.69) is 0 Å². The highest BCUT2D eigenvalue weighted by molar-refractivity contribution is 6.30. The number of fused-ring (bicyclic) bond motifs is 1. The van der Waals surface area contributed by atoms with E-state index in [1.54, 1.807) is 0 Å². The zero-order chi connectivity index (χ0) is 14.1. The number of rotatable bonds is 0. The Morgan fingerprint density at radius 2 is 2.15 bits per heavy atom. The fourth-order valence-corrected chi connectivity index (χ4v) is 3.07. The fraction of sp³-hybridized carbons (Fsp3) is 0.533. The van der Waals surface area contributed by atoms with Gasteiger partial charge in [0.2, 0.25) is 0 Å². The molecule has 0 aliphatic carbocycles. The molecule has 1 saturated heterocycles. The van der Waals surface area contributed by atoms with Gasteiger partial charge in [-0.1, -0.05) is 17.7 Å². The molecule has 2 aliphatic heterocycles. The van der Waals surface area contributed by atoms with Crippen LogP contribution in [0, 0.1) is 0 Å². The fourth-order valence-electron chi connectivity index (χ4n) is 2.88. The molecular weight excluding hydrogens is 276 g/mol. The second kappa shape index (κ2) is 5.62. The zero-order valence-electron chi connectivity index (χ0n) is 11.6. The van der Waals surface area contributed by atoms with Crippen LogP contribution in [0.1, 0.15) is 18.1 Å². The summed E-state index contributed by atoms with van der Waals surface area (Å²) < 4.78 is 5.49. The molecule has 20 heavy (non-hydrogen) atoms. The van der Waals surface area contributed by atoms with E-state index in [0.29, 0.717) is 26.2 Å². The predicted octanol–water partition coefficient (Wildman–Crippen LogP) is 2.54. The highest BCUT2D eigenvalue weighted by atomic mass is 35.5. The molecule has 2 heterocycles. The van der Waals surface area contributed by atoms with Gasteiger partial charge in [-0.15, -0.1) is 0 Å². The van der Waals surface area contributed by atoms with E-state index >= 15 is 0 Å². The summed E-state index contributed by atoms with van der Waals surface area (Å²) in [5.41, 5.74) is 2.47. The van der Waals surface area contributed by atoms with Crippen LogP contribution in [0.2, 0.25) is 5.02 Å². The summed E-state index contributed by atoms with van der Waals surface area (Å²) >= 11 is 6.01. The van der Waals surface area contributed by atoms with Crippen LogP contribution in [0.4, 0.5) is 4.79 Å². The molecule has 0 unspecified atom stereocenters. The van der Waals surface area contributed by atoms with Gasteiger partial charge in [0.05, 0.1) is 12.7 Å². The lowest BCUT2D eigenvalue weighted by atomic mass is 10.00. The molecule has 0 radical (unpaired) electrons. The Kier molecular flexibility index (Phi) is 3.85. The molecule has 108 valence electrons. The van der Waals surface area contributed by atoms with Crippen LogP contribution in [0.25, 0.3) is 0 Å². The largest absolute Gasteiger partial charge is 0.375 e. The standard InChI is InChI=1S/C15H19ClN2O2/c1-11-9-18(6-7-20-11)15(19)17-5-4-12-8-14(16)3-2-13(12)10-17/h2-3,8,11H,4-7,9-10H2,1H3/t11-/m0/s1. The van der Waals surface area contributed by atoms with Crippen LogP contribution < -0.4 is 0 Å². The lowest BCUT2D eigenvalue weighted by Crippen LogP contribution is -2.51. The second-order valence-corrected chi connectivity index (χ2v) is 5.93. The van der Waals surface area contributed by atoms with E-state index < -0.39 is 0 Å². The van der Waals surface area contributed by atoms with Gasteiger partial charge in [-0.2, -0.15) is 0 Å². The lowest BCUT2D eigenvalue weighted by molar-refractivity contribution is -0.00973. The van der Waals surface area contributed by atoms with Crippen molar-refractivity contribution in [2.24, 2.45) is 0 Å². The quantitative estimate of drug-likeness (QED) is 0.737. The minimum absolute atomic E-state index is 0.126. The number of morpholine rings is 1. The molecule has 0 N–H and O–H groups in total. The molecule has 2 aliphatic rings. The molecule has 1 atom stereocenters. The van der Waals surface area contributed by atoms with Crippen molar-refractivity contribution in [2.75, 3.05) is 26.2 Å². The number of benzene rings is 1. The number of urea groups is 1. The molecule has 0 bridgehead atoms. The van der Waals surface area contributed by atoms with E-state index in [1.807, 2.05) is 34.9 Å². The molecule has 0 spiro atoms. The summed E-state index contributed by atoms with van der Waals surface area (Å²) in [6, 6.07) is 6.06. The normalized spacial score (nSPS) is 22.6. The highest BCUT2D eigenvalue weighted by Gasteiger charge is 2.28. The van der Waals surface area contributed by atoms with E-state index in [-0.39, 0.29) is 12.1 Å². The summed E-state index contributed by atoms with van der Waals surface area (Å²) in [6.07, 6.45) is 1.00. The first kappa shape index (κ1) is 13.7. The maximum atomic E-state index is 12.5. The predicted molar refractivity (Wildman–Crippen MR) is 77.9 cm³/mol. The Morgan fingerprint density at radius 1 is 1.30 bits per heavy atom. The molecule has 0 aromatic heterocycles. The van der Waals surface area contributed by atoms with Gasteiger partial charge in [-0.05, 0) is 36.6 Å². The highest BCUT2D eigenvalue weighted by Crippen LogP contribution is 2.23. The minimum atomic E-state index is 0.126. The summed E-state index contributed by atoms with van der Waals surface area (Å²) in [5, 5.41) is 0.769. The van der Waals surface area contributed by atoms with Gasteiger partial charge in [0.15, 0.2) is 0 Å². The van der Waals surface area contributed by atoms with Crippen LogP contribution in [-0.2, 0) is 17.7 Å². The minimum Gasteiger partial charge on any atom is -0.375 e. The van der Waals surface area contributed by atoms with Crippen LogP contribution >= 0.6 is 11.6 Å². The smallest absolute Gasteiger partial charge is 0.320 e. The van der Waals surface area contributed by atoms with Gasteiger partial charge in [0.25, 0.3) is 0 Å². The van der Waals surface area contributed by atoms with E-state index in [9.17, 15) is 4.79 Å². The van der Waals surface area contributed by atoms with Crippen molar-refractivity contribution in [3.8, 4) is 0 Å². The third kappa shape index (κ3) is 2.76. The van der Waals surface area contributed by atoms with Crippen molar-refractivity contribution in [3.05, 3.63) is 34.3 Å². The summed E-state index contributed by atoms with van der Waals surface area (Å²) in [6.45, 7) is 5.45. The number of amides is 2. The Labute approximate surface area is 124 Å². The first-order chi connectivity index (χ1) is 9.63. The van der Waals surface area contributed by atoms with Crippen molar-refractivity contribution in [1.29, 1.82) is 0 Å². The maximum absolute atomic E-state index is 12.5. The molecule has 3 rings (SSSR count). The number of nitrogens with zero attached hydrogens (tertiary/aromatic N) is 2. The first-order valence-electron chi connectivity index (χ1n) is 7.06. The molecule has 4 nitrogen and oxygen atoms in total. The maximum Gasteiger partial charge on any atom is 0.320 e. The van der Waals surface area contributed by atoms with E-state index in [0.717, 1.165) is 18.0 Å². The summed E-state index contributed by atoms with van der Waals surface area (Å²) in [4.78, 5) is 16.4. The number of halogens is 1. The molecule has 0 saturated carbocycles. The molecule has 2 amide bonds. The number of carbonyl (C=O) groups excluding carboxylic acids is 1. The van der Waals surface area contributed by atoms with Crippen molar-refractivity contribution in [2.45, 2.75) is 26.0 Å². The average molecular weight is 295 g/mol. The van der Waals surface area contributed by atoms with Crippen LogP contribution in [0.5, 0.6) is 0 Å². The Morgan fingerprint density at radius 3 is 2.95 bits per heavy atom. The van der Waals surface area contributed by atoms with Crippen LogP contribution in [0.3, 0.4) is 0 Å². The molecule has 1 aromatic rings. The van der Waals surface area contributed by atoms with Crippen molar-refractivity contribution < 1.29 is 9.53 Å². The van der Waals surface area contributed by atoms with Crippen LogP contribution in [0.15, 0.2) is 18.2 Å². The third-order valence-electron chi connectivity index (χ3n) is 3.96. The third-order valence-corrected chi connectivity index (χ3v) is 4.20. The Hall–Kier alpha value is -1.26. The van der Waals surface area contributed by atoms with E-state index in [4.69, 9.17) is 16.3 Å². The lowest BCUT2D eigenvalue weighted by Gasteiger charge is -2.37. The number of hydrogen-bond donors (Lipinski definition) is 0. The Balaban J connectivity index is 1.70. The first-order valence-corrected chi connectivity index (χ1v) is 7.44. The monoisotopic (exact) mass is 294 g/mol.